The van der Waals surface area contributed by atoms with Crippen LogP contribution in [0.4, 0.5) is 0 Å². The predicted molar refractivity (Wildman–Crippen MR) is 257 cm³/mol. The molecule has 2 aliphatic heterocycles. The summed E-state index contributed by atoms with van der Waals surface area (Å²) in [6, 6.07) is 6.69. The Morgan fingerprint density at radius 1 is 0.868 bits per heavy atom. The molecule has 0 bridgehead atoms. The molecule has 0 unspecified atom stereocenters. The van der Waals surface area contributed by atoms with Crippen LogP contribution in [0.1, 0.15) is 126 Å². The Morgan fingerprint density at radius 3 is 2.06 bits per heavy atom. The summed E-state index contributed by atoms with van der Waals surface area (Å²) in [7, 11) is 4.85. The van der Waals surface area contributed by atoms with Gasteiger partial charge in [0.2, 0.25) is 23.6 Å². The molecule has 0 aromatic heterocycles. The number of likely N-dealkylation sites (N-methyl/N-ethyl adjacent to an activating group) is 1. The highest BCUT2D eigenvalue weighted by Gasteiger charge is 2.44. The number of nitrogens with zero attached hydrogens (tertiary/aromatic N) is 3. The fraction of sp³-hybridized carbons (Fsp3) is 0.686. The van der Waals surface area contributed by atoms with Gasteiger partial charge in [-0.15, -0.1) is 0 Å². The Hall–Kier alpha value is -5.00. The summed E-state index contributed by atoms with van der Waals surface area (Å²) in [6.07, 6.45) is 4.97. The van der Waals surface area contributed by atoms with Crippen LogP contribution in [-0.4, -0.2) is 144 Å². The van der Waals surface area contributed by atoms with Crippen molar-refractivity contribution < 1.29 is 52.6 Å². The monoisotopic (exact) mass is 953 g/mol. The smallest absolute Gasteiger partial charge is 0.329 e. The van der Waals surface area contributed by atoms with E-state index in [-0.39, 0.29) is 61.3 Å². The van der Waals surface area contributed by atoms with E-state index >= 15 is 0 Å². The lowest BCUT2D eigenvalue weighted by Crippen LogP contribution is -2.62. The summed E-state index contributed by atoms with van der Waals surface area (Å²) >= 11 is 0. The number of imide groups is 2. The minimum absolute atomic E-state index is 0.0305. The average molecular weight is 953 g/mol. The maximum absolute atomic E-state index is 14.5. The number of methoxy groups -OCH3 is 2. The quantitative estimate of drug-likeness (QED) is 0.0667. The van der Waals surface area contributed by atoms with Crippen LogP contribution >= 0.6 is 0 Å². The van der Waals surface area contributed by atoms with E-state index in [1.165, 1.54) is 40.2 Å². The molecule has 2 aliphatic rings. The van der Waals surface area contributed by atoms with E-state index in [0.717, 1.165) is 10.5 Å². The summed E-state index contributed by atoms with van der Waals surface area (Å²) in [5.74, 6) is -4.57. The Labute approximate surface area is 404 Å². The van der Waals surface area contributed by atoms with Gasteiger partial charge in [0.05, 0.1) is 36.6 Å². The molecule has 68 heavy (non-hydrogen) atoms. The molecule has 0 saturated carbocycles. The van der Waals surface area contributed by atoms with E-state index in [4.69, 9.17) is 14.2 Å². The highest BCUT2D eigenvalue weighted by Crippen LogP contribution is 2.31. The van der Waals surface area contributed by atoms with Crippen LogP contribution in [0.15, 0.2) is 42.5 Å². The van der Waals surface area contributed by atoms with E-state index in [9.17, 15) is 38.4 Å². The SMILES string of the molecule is CC[C@H](C)[C@@H]([C@@H](CC(=O)N1CCC[C@H]1[C@H](OC)[C@@H](C)C(=O)N[C@@H](Cc1ccccc1)C(=O)OC(C)(C)C)OC)N(C)[C@H](C(=O)NC(=O)C(C)(C)NC(=O)CCCCCN1C(=O)C=CC1=O)C(C)C. The lowest BCUT2D eigenvalue weighted by Gasteiger charge is -2.43. The standard InChI is InChI=1S/C51H80N6O11/c1-14-33(4)44(55(11)43(32(2)3)47(63)53-49(65)51(9,10)54-39(58)25-19-16-20-28-57-40(59)26-27-41(57)60)38(66-12)31-42(61)56-29-21-24-37(56)45(67-13)34(5)46(62)52-36(48(64)68-50(6,7)8)30-35-22-17-15-18-23-35/h15,17-18,22-23,26-27,32-34,36-38,43-45H,14,16,19-21,24-25,28-31H2,1-13H3,(H,52,62)(H,54,58)(H,53,63,65)/t33-,34+,36-,37-,38+,43-,44-,45+/m0/s1. The summed E-state index contributed by atoms with van der Waals surface area (Å²) in [4.78, 5) is 111. The van der Waals surface area contributed by atoms with E-state index in [0.29, 0.717) is 45.1 Å². The van der Waals surface area contributed by atoms with Crippen LogP contribution in [-0.2, 0) is 59.0 Å². The Morgan fingerprint density at radius 2 is 1.50 bits per heavy atom. The van der Waals surface area contributed by atoms with Gasteiger partial charge < -0.3 is 29.7 Å². The molecule has 1 aromatic carbocycles. The highest BCUT2D eigenvalue weighted by molar-refractivity contribution is 6.12. The molecule has 1 saturated heterocycles. The first-order valence-electron chi connectivity index (χ1n) is 24.2. The number of hydrogen-bond acceptors (Lipinski definition) is 12. The minimum atomic E-state index is -1.43. The number of carbonyl (C=O) groups is 8. The third kappa shape index (κ3) is 16.3. The lowest BCUT2D eigenvalue weighted by molar-refractivity contribution is -0.159. The van der Waals surface area contributed by atoms with Crippen LogP contribution in [0, 0.1) is 17.8 Å². The van der Waals surface area contributed by atoms with Gasteiger partial charge >= 0.3 is 5.97 Å². The van der Waals surface area contributed by atoms with E-state index in [1.54, 1.807) is 39.6 Å². The average Bonchev–Trinajstić information content (AvgIpc) is 3.87. The molecule has 0 spiro atoms. The van der Waals surface area contributed by atoms with Gasteiger partial charge in [-0.3, -0.25) is 48.7 Å². The van der Waals surface area contributed by atoms with Gasteiger partial charge in [0.1, 0.15) is 17.2 Å². The summed E-state index contributed by atoms with van der Waals surface area (Å²) in [5, 5.41) is 8.20. The zero-order chi connectivity index (χ0) is 51.1. The Balaban J connectivity index is 1.70. The Kier molecular flexibility index (Phi) is 22.0. The second-order valence-electron chi connectivity index (χ2n) is 20.2. The number of likely N-dealkylation sites (tertiary alicyclic amines) is 1. The van der Waals surface area contributed by atoms with Crippen molar-refractivity contribution in [3.63, 3.8) is 0 Å². The second-order valence-corrected chi connectivity index (χ2v) is 20.2. The number of hydrogen-bond donors (Lipinski definition) is 3. The molecule has 3 rings (SSSR count). The fourth-order valence-electron chi connectivity index (χ4n) is 9.25. The zero-order valence-corrected chi connectivity index (χ0v) is 42.8. The van der Waals surface area contributed by atoms with Crippen LogP contribution in [0.25, 0.3) is 0 Å². The molecule has 380 valence electrons. The van der Waals surface area contributed by atoms with Crippen molar-refractivity contribution in [1.29, 1.82) is 0 Å². The van der Waals surface area contributed by atoms with Gasteiger partial charge in [-0.1, -0.05) is 77.8 Å². The molecule has 17 heteroatoms. The lowest BCUT2D eigenvalue weighted by atomic mass is 9.87. The third-order valence-corrected chi connectivity index (χ3v) is 13.0. The highest BCUT2D eigenvalue weighted by atomic mass is 16.6. The summed E-state index contributed by atoms with van der Waals surface area (Å²) in [5.41, 5.74) is -1.35. The van der Waals surface area contributed by atoms with Crippen molar-refractivity contribution in [3.8, 4) is 0 Å². The molecule has 3 N–H and O–H groups in total. The normalized spacial score (nSPS) is 18.5. The van der Waals surface area contributed by atoms with Gasteiger partial charge in [0.15, 0.2) is 0 Å². The topological polar surface area (TPSA) is 210 Å². The number of rotatable bonds is 26. The molecule has 8 atom stereocenters. The summed E-state index contributed by atoms with van der Waals surface area (Å²) < 4.78 is 17.8. The molecule has 7 amide bonds. The van der Waals surface area contributed by atoms with Crippen LogP contribution < -0.4 is 16.0 Å². The van der Waals surface area contributed by atoms with Crippen molar-refractivity contribution >= 4 is 47.3 Å². The first-order valence-corrected chi connectivity index (χ1v) is 24.2. The number of esters is 1. The fourth-order valence-corrected chi connectivity index (χ4v) is 9.25. The number of ether oxygens (including phenoxy) is 3. The van der Waals surface area contributed by atoms with Crippen molar-refractivity contribution in [2.75, 3.05) is 34.4 Å². The maximum atomic E-state index is 14.5. The first kappa shape index (κ1) is 57.3. The zero-order valence-electron chi connectivity index (χ0n) is 42.8. The largest absolute Gasteiger partial charge is 0.458 e. The first-order chi connectivity index (χ1) is 31.9. The van der Waals surface area contributed by atoms with Gasteiger partial charge in [0, 0.05) is 58.3 Å². The molecule has 2 heterocycles. The predicted octanol–water partition coefficient (Wildman–Crippen LogP) is 4.50. The molecule has 0 radical (unpaired) electrons. The molecule has 1 fully saturated rings. The molecular weight excluding hydrogens is 873 g/mol. The van der Waals surface area contributed by atoms with Gasteiger partial charge in [-0.05, 0) is 84.7 Å². The van der Waals surface area contributed by atoms with E-state index < -0.39 is 77.1 Å². The molecule has 0 aliphatic carbocycles. The van der Waals surface area contributed by atoms with Crippen molar-refractivity contribution in [2.45, 2.75) is 175 Å². The van der Waals surface area contributed by atoms with Crippen LogP contribution in [0.3, 0.4) is 0 Å². The van der Waals surface area contributed by atoms with Crippen LogP contribution in [0.2, 0.25) is 0 Å². The number of nitrogens with one attached hydrogen (secondary N) is 3. The molecule has 1 aromatic rings. The van der Waals surface area contributed by atoms with Gasteiger partial charge in [-0.25, -0.2) is 4.79 Å². The summed E-state index contributed by atoms with van der Waals surface area (Å²) in [6.45, 7) is 18.6. The molecule has 17 nitrogen and oxygen atoms in total. The number of carbonyl (C=O) groups excluding carboxylic acids is 8. The maximum Gasteiger partial charge on any atom is 0.329 e. The van der Waals surface area contributed by atoms with E-state index in [2.05, 4.69) is 16.0 Å². The van der Waals surface area contributed by atoms with Crippen molar-refractivity contribution in [3.05, 3.63) is 48.0 Å². The van der Waals surface area contributed by atoms with E-state index in [1.807, 2.05) is 62.9 Å². The number of benzene rings is 1. The van der Waals surface area contributed by atoms with Crippen molar-refractivity contribution in [2.24, 2.45) is 17.8 Å². The molecular formula is C51H80N6O11. The van der Waals surface area contributed by atoms with Crippen molar-refractivity contribution in [1.82, 2.24) is 30.7 Å². The third-order valence-electron chi connectivity index (χ3n) is 13.0. The minimum Gasteiger partial charge on any atom is -0.458 e. The van der Waals surface area contributed by atoms with Gasteiger partial charge in [0.25, 0.3) is 17.7 Å². The number of unbranched alkanes of at least 4 members (excludes halogenated alkanes) is 2. The number of amides is 7. The van der Waals surface area contributed by atoms with Gasteiger partial charge in [-0.2, -0.15) is 0 Å². The Bertz CT molecular complexity index is 1910. The van der Waals surface area contributed by atoms with Crippen LogP contribution in [0.5, 0.6) is 0 Å². The second kappa shape index (κ2) is 26.1.